The Morgan fingerprint density at radius 1 is 1.19 bits per heavy atom. The van der Waals surface area contributed by atoms with E-state index in [-0.39, 0.29) is 18.2 Å². The lowest BCUT2D eigenvalue weighted by molar-refractivity contribution is -0.692. The Bertz CT molecular complexity index is 927. The number of carbonyl (C=O) groups excluding carboxylic acids is 1. The van der Waals surface area contributed by atoms with Crippen LogP contribution >= 0.6 is 23.6 Å². The zero-order valence-corrected chi connectivity index (χ0v) is 16.0. The van der Waals surface area contributed by atoms with Crippen LogP contribution in [0.25, 0.3) is 0 Å². The molecule has 2 aromatic heterocycles. The van der Waals surface area contributed by atoms with Crippen LogP contribution in [0.1, 0.15) is 26.8 Å². The number of aliphatic hydroxyl groups excluding tert-OH is 1. The quantitative estimate of drug-likeness (QED) is 0.363. The third kappa shape index (κ3) is 4.82. The number of halogens is 1. The number of hydrogen-bond donors (Lipinski definition) is 2. The molecule has 0 saturated heterocycles. The van der Waals surface area contributed by atoms with Gasteiger partial charge in [-0.2, -0.15) is 4.57 Å². The average Bonchev–Trinajstić information content (AvgIpc) is 3.23. The highest BCUT2D eigenvalue weighted by molar-refractivity contribution is 7.80. The number of ketones is 1. The van der Waals surface area contributed by atoms with E-state index in [2.05, 4.69) is 5.32 Å². The number of Topliss-reactive ketones (excluding diaryl/α,β-unsaturated/α-hetero) is 1. The molecule has 2 N–H and O–H groups in total. The SMILES string of the molecule is O=C(c1cccs1)[C@@H](C(=S)NCc1ccc(F)cc1)[n+]1cccc(CO)c1. The normalized spacial score (nSPS) is 11.8. The molecule has 0 radical (unpaired) electrons. The van der Waals surface area contributed by atoms with Crippen LogP contribution in [-0.4, -0.2) is 15.9 Å². The Morgan fingerprint density at radius 3 is 2.63 bits per heavy atom. The molecule has 2 heterocycles. The van der Waals surface area contributed by atoms with Gasteiger partial charge in [-0.1, -0.05) is 30.4 Å². The molecule has 7 heteroatoms. The molecule has 0 bridgehead atoms. The number of pyridine rings is 1. The van der Waals surface area contributed by atoms with Crippen LogP contribution in [0.2, 0.25) is 0 Å². The van der Waals surface area contributed by atoms with E-state index in [1.165, 1.54) is 23.5 Å². The lowest BCUT2D eigenvalue weighted by atomic mass is 10.1. The topological polar surface area (TPSA) is 53.2 Å². The summed E-state index contributed by atoms with van der Waals surface area (Å²) in [6, 6.07) is 12.5. The highest BCUT2D eigenvalue weighted by Gasteiger charge is 2.33. The highest BCUT2D eigenvalue weighted by atomic mass is 32.1. The van der Waals surface area contributed by atoms with Gasteiger partial charge in [0.05, 0.1) is 11.5 Å². The second-order valence-electron chi connectivity index (χ2n) is 5.91. The fraction of sp³-hybridized carbons (Fsp3) is 0.150. The summed E-state index contributed by atoms with van der Waals surface area (Å²) in [5, 5.41) is 14.4. The molecule has 1 aromatic carbocycles. The summed E-state index contributed by atoms with van der Waals surface area (Å²) >= 11 is 6.88. The van der Waals surface area contributed by atoms with Gasteiger partial charge in [0.1, 0.15) is 5.82 Å². The number of thiophene rings is 1. The summed E-state index contributed by atoms with van der Waals surface area (Å²) in [5.74, 6) is -0.426. The largest absolute Gasteiger partial charge is 0.391 e. The van der Waals surface area contributed by atoms with Gasteiger partial charge in [0, 0.05) is 18.2 Å². The van der Waals surface area contributed by atoms with Crippen molar-refractivity contribution in [1.29, 1.82) is 0 Å². The first kappa shape index (κ1) is 19.3. The second kappa shape index (κ2) is 8.94. The molecule has 0 spiro atoms. The van der Waals surface area contributed by atoms with E-state index in [9.17, 15) is 14.3 Å². The number of carbonyl (C=O) groups is 1. The van der Waals surface area contributed by atoms with Crippen LogP contribution in [0, 0.1) is 5.82 Å². The molecule has 0 saturated carbocycles. The standard InChI is InChI=1S/C20H17FN2O2S2/c21-16-7-5-14(6-8-16)11-22-20(26)18(19(25)17-4-2-10-27-17)23-9-1-3-15(12-23)13-24/h1-10,12,18,24H,11,13H2/p+1/t18-/m0/s1. The Morgan fingerprint density at radius 2 is 1.96 bits per heavy atom. The van der Waals surface area contributed by atoms with Gasteiger partial charge in [-0.15, -0.1) is 11.3 Å². The zero-order valence-electron chi connectivity index (χ0n) is 14.3. The van der Waals surface area contributed by atoms with E-state index in [4.69, 9.17) is 12.2 Å². The fourth-order valence-electron chi connectivity index (χ4n) is 2.63. The summed E-state index contributed by atoms with van der Waals surface area (Å²) in [4.78, 5) is 14.0. The monoisotopic (exact) mass is 401 g/mol. The molecule has 4 nitrogen and oxygen atoms in total. The van der Waals surface area contributed by atoms with Gasteiger partial charge in [0.15, 0.2) is 17.4 Å². The lowest BCUT2D eigenvalue weighted by Crippen LogP contribution is -2.51. The van der Waals surface area contributed by atoms with Crippen LogP contribution in [-0.2, 0) is 13.2 Å². The number of nitrogens with one attached hydrogen (secondary N) is 1. The van der Waals surface area contributed by atoms with Gasteiger partial charge >= 0.3 is 0 Å². The Labute approximate surface area is 165 Å². The predicted molar refractivity (Wildman–Crippen MR) is 106 cm³/mol. The van der Waals surface area contributed by atoms with Crippen LogP contribution in [0.3, 0.4) is 0 Å². The van der Waals surface area contributed by atoms with E-state index in [0.29, 0.717) is 22.0 Å². The molecule has 0 fully saturated rings. The highest BCUT2D eigenvalue weighted by Crippen LogP contribution is 2.17. The van der Waals surface area contributed by atoms with Gasteiger partial charge in [-0.25, -0.2) is 4.39 Å². The molecule has 0 aliphatic carbocycles. The summed E-state index contributed by atoms with van der Waals surface area (Å²) in [7, 11) is 0. The maximum absolute atomic E-state index is 13.1. The van der Waals surface area contributed by atoms with E-state index in [1.54, 1.807) is 47.3 Å². The van der Waals surface area contributed by atoms with Crippen LogP contribution in [0.4, 0.5) is 4.39 Å². The van der Waals surface area contributed by atoms with Crippen molar-refractivity contribution in [3.8, 4) is 0 Å². The van der Waals surface area contributed by atoms with E-state index in [0.717, 1.165) is 5.56 Å². The number of aromatic nitrogens is 1. The smallest absolute Gasteiger partial charge is 0.271 e. The Hall–Kier alpha value is -2.48. The Kier molecular flexibility index (Phi) is 6.39. The molecule has 0 aliphatic rings. The summed E-state index contributed by atoms with van der Waals surface area (Å²) in [6.07, 6.45) is 3.46. The van der Waals surface area contributed by atoms with Crippen LogP contribution in [0.5, 0.6) is 0 Å². The number of hydrogen-bond acceptors (Lipinski definition) is 4. The minimum atomic E-state index is -0.731. The zero-order chi connectivity index (χ0) is 19.2. The molecule has 1 atom stereocenters. The molecule has 3 rings (SSSR count). The van der Waals surface area contributed by atoms with Crippen molar-refractivity contribution < 1.29 is 18.9 Å². The van der Waals surface area contributed by atoms with Crippen LogP contribution in [0.15, 0.2) is 66.3 Å². The van der Waals surface area contributed by atoms with E-state index in [1.807, 2.05) is 11.4 Å². The number of nitrogens with zero attached hydrogens (tertiary/aromatic N) is 1. The number of aliphatic hydroxyl groups is 1. The van der Waals surface area contributed by atoms with Crippen molar-refractivity contribution in [2.75, 3.05) is 0 Å². The maximum atomic E-state index is 13.1. The second-order valence-corrected chi connectivity index (χ2v) is 7.29. The van der Waals surface area contributed by atoms with E-state index >= 15 is 0 Å². The summed E-state index contributed by atoms with van der Waals surface area (Å²) < 4.78 is 14.8. The third-order valence-electron chi connectivity index (χ3n) is 4.00. The lowest BCUT2D eigenvalue weighted by Gasteiger charge is -2.14. The van der Waals surface area contributed by atoms with Gasteiger partial charge in [0.2, 0.25) is 5.78 Å². The third-order valence-corrected chi connectivity index (χ3v) is 5.26. The first-order chi connectivity index (χ1) is 13.1. The average molecular weight is 402 g/mol. The number of thiocarbonyl (C=S) groups is 1. The number of rotatable bonds is 7. The van der Waals surface area contributed by atoms with Crippen molar-refractivity contribution in [3.05, 3.63) is 88.1 Å². The first-order valence-corrected chi connectivity index (χ1v) is 9.57. The van der Waals surface area contributed by atoms with Crippen molar-refractivity contribution in [2.24, 2.45) is 0 Å². The maximum Gasteiger partial charge on any atom is 0.271 e. The minimum absolute atomic E-state index is 0.123. The summed E-state index contributed by atoms with van der Waals surface area (Å²) in [5.41, 5.74) is 1.54. The fourth-order valence-corrected chi connectivity index (χ4v) is 3.62. The van der Waals surface area contributed by atoms with Crippen LogP contribution < -0.4 is 9.88 Å². The minimum Gasteiger partial charge on any atom is -0.391 e. The molecule has 0 amide bonds. The molecule has 0 aliphatic heterocycles. The molecular weight excluding hydrogens is 383 g/mol. The van der Waals surface area contributed by atoms with E-state index < -0.39 is 6.04 Å². The van der Waals surface area contributed by atoms with Gasteiger partial charge < -0.3 is 10.4 Å². The Balaban J connectivity index is 1.85. The van der Waals surface area contributed by atoms with Crippen molar-refractivity contribution in [1.82, 2.24) is 5.32 Å². The van der Waals surface area contributed by atoms with Gasteiger partial charge in [-0.3, -0.25) is 4.79 Å². The molecule has 138 valence electrons. The van der Waals surface area contributed by atoms with Crippen molar-refractivity contribution in [3.63, 3.8) is 0 Å². The van der Waals surface area contributed by atoms with Gasteiger partial charge in [-0.05, 0) is 35.2 Å². The predicted octanol–water partition coefficient (Wildman–Crippen LogP) is 3.21. The van der Waals surface area contributed by atoms with Crippen molar-refractivity contribution in [2.45, 2.75) is 19.2 Å². The van der Waals surface area contributed by atoms with Crippen molar-refractivity contribution >= 4 is 34.3 Å². The molecule has 3 aromatic rings. The number of benzene rings is 1. The first-order valence-electron chi connectivity index (χ1n) is 8.29. The van der Waals surface area contributed by atoms with Gasteiger partial charge in [0.25, 0.3) is 6.04 Å². The molecular formula is C20H18FN2O2S2+. The molecule has 27 heavy (non-hydrogen) atoms. The summed E-state index contributed by atoms with van der Waals surface area (Å²) in [6.45, 7) is 0.254. The molecule has 0 unspecified atom stereocenters.